The lowest BCUT2D eigenvalue weighted by Crippen LogP contribution is -2.36. The van der Waals surface area contributed by atoms with Crippen molar-refractivity contribution in [2.45, 2.75) is 24.9 Å². The molecule has 1 aliphatic rings. The van der Waals surface area contributed by atoms with Crippen LogP contribution in [0.15, 0.2) is 41.2 Å². The van der Waals surface area contributed by atoms with Crippen LogP contribution in [0.2, 0.25) is 0 Å². The van der Waals surface area contributed by atoms with Gasteiger partial charge in [-0.3, -0.25) is 0 Å². The van der Waals surface area contributed by atoms with Gasteiger partial charge in [-0.25, -0.2) is 0 Å². The maximum absolute atomic E-state index is 11.5. The summed E-state index contributed by atoms with van der Waals surface area (Å²) in [5.41, 5.74) is 0.293. The van der Waals surface area contributed by atoms with E-state index < -0.39 is 5.60 Å². The van der Waals surface area contributed by atoms with Gasteiger partial charge in [0.05, 0.1) is 19.8 Å². The van der Waals surface area contributed by atoms with E-state index in [2.05, 4.69) is 12.6 Å². The average Bonchev–Trinajstić information content (AvgIpc) is 3.45. The highest BCUT2D eigenvalue weighted by Crippen LogP contribution is 2.57. The first-order chi connectivity index (χ1) is 11.9. The van der Waals surface area contributed by atoms with Crippen LogP contribution in [-0.4, -0.2) is 37.4 Å². The Hall–Kier alpha value is -1.04. The van der Waals surface area contributed by atoms with Crippen molar-refractivity contribution in [1.82, 2.24) is 0 Å². The van der Waals surface area contributed by atoms with E-state index >= 15 is 0 Å². The maximum atomic E-state index is 11.5. The average molecular weight is 381 g/mol. The van der Waals surface area contributed by atoms with Crippen LogP contribution in [0.3, 0.4) is 0 Å². The maximum Gasteiger partial charge on any atom is 0.160 e. The fourth-order valence-corrected chi connectivity index (χ4v) is 4.59. The van der Waals surface area contributed by atoms with Crippen LogP contribution < -0.4 is 9.47 Å². The van der Waals surface area contributed by atoms with E-state index in [0.29, 0.717) is 5.92 Å². The second-order valence-electron chi connectivity index (χ2n) is 6.35. The number of hydrogen-bond acceptors (Lipinski definition) is 5. The van der Waals surface area contributed by atoms with Crippen LogP contribution in [0.4, 0.5) is 0 Å². The van der Waals surface area contributed by atoms with Gasteiger partial charge in [0.2, 0.25) is 0 Å². The second kappa shape index (κ2) is 8.56. The first-order valence-electron chi connectivity index (χ1n) is 8.32. The van der Waals surface area contributed by atoms with Crippen LogP contribution in [0, 0.1) is 11.8 Å². The van der Waals surface area contributed by atoms with E-state index in [4.69, 9.17) is 9.47 Å². The number of thioether (sulfide) groups is 2. The Morgan fingerprint density at radius 3 is 2.44 bits per heavy atom. The van der Waals surface area contributed by atoms with Crippen LogP contribution in [0.25, 0.3) is 0 Å². The molecule has 1 fully saturated rings. The monoisotopic (exact) mass is 380 g/mol. The van der Waals surface area contributed by atoms with Crippen LogP contribution in [0.1, 0.15) is 24.8 Å². The van der Waals surface area contributed by atoms with Gasteiger partial charge in [0.25, 0.3) is 0 Å². The number of ether oxygens (including phenoxy) is 2. The molecule has 5 heteroatoms. The molecule has 1 N–H and O–H groups in total. The zero-order chi connectivity index (χ0) is 18.6. The minimum atomic E-state index is -0.888. The highest BCUT2D eigenvalue weighted by atomic mass is 32.2. The molecule has 0 bridgehead atoms. The van der Waals surface area contributed by atoms with E-state index in [1.807, 2.05) is 43.7 Å². The highest BCUT2D eigenvalue weighted by molar-refractivity contribution is 8.21. The molecule has 3 nitrogen and oxygen atoms in total. The fourth-order valence-electron chi connectivity index (χ4n) is 3.31. The van der Waals surface area contributed by atoms with Gasteiger partial charge in [-0.15, -0.1) is 30.1 Å². The molecule has 1 saturated carbocycles. The van der Waals surface area contributed by atoms with Crippen LogP contribution in [-0.2, 0) is 0 Å². The van der Waals surface area contributed by atoms with Gasteiger partial charge >= 0.3 is 0 Å². The van der Waals surface area contributed by atoms with E-state index in [0.717, 1.165) is 22.2 Å². The second-order valence-corrected chi connectivity index (χ2v) is 8.30. The topological polar surface area (TPSA) is 38.7 Å². The molecule has 0 amide bonds. The lowest BCUT2D eigenvalue weighted by Gasteiger charge is -2.31. The largest absolute Gasteiger partial charge is 0.493 e. The number of hydrogen-bond donors (Lipinski definition) is 1. The zero-order valence-electron chi connectivity index (χ0n) is 15.6. The summed E-state index contributed by atoms with van der Waals surface area (Å²) in [6, 6.07) is 6.03. The highest BCUT2D eigenvalue weighted by Gasteiger charge is 2.53. The van der Waals surface area contributed by atoms with Crippen LogP contribution >= 0.6 is 23.5 Å². The summed E-state index contributed by atoms with van der Waals surface area (Å²) in [6.07, 6.45) is 8.91. The first kappa shape index (κ1) is 20.3. The van der Waals surface area contributed by atoms with Gasteiger partial charge in [0.15, 0.2) is 11.5 Å². The third kappa shape index (κ3) is 4.21. The number of benzene rings is 1. The molecule has 0 aliphatic heterocycles. The standard InChI is InChI=1S/C20H28O3S2/c1-7-13(2)20(21,12-19(24-5)25-6)16-11-15(16)14-8-9-17(22-3)18(10-14)23-4/h7-10,12-13,15-16,21H,1,11H2,2-6H3. The molecule has 4 atom stereocenters. The molecule has 0 spiro atoms. The molecule has 25 heavy (non-hydrogen) atoms. The number of rotatable bonds is 9. The molecular formula is C20H28O3S2. The van der Waals surface area contributed by atoms with Crippen molar-refractivity contribution in [1.29, 1.82) is 0 Å². The molecule has 0 saturated heterocycles. The lowest BCUT2D eigenvalue weighted by atomic mass is 9.82. The van der Waals surface area contributed by atoms with Crippen molar-refractivity contribution in [2.24, 2.45) is 11.8 Å². The van der Waals surface area contributed by atoms with Gasteiger partial charge < -0.3 is 14.6 Å². The third-order valence-electron chi connectivity index (χ3n) is 5.05. The zero-order valence-corrected chi connectivity index (χ0v) is 17.2. The quantitative estimate of drug-likeness (QED) is 0.615. The summed E-state index contributed by atoms with van der Waals surface area (Å²) in [6.45, 7) is 5.94. The van der Waals surface area contributed by atoms with E-state index in [1.54, 1.807) is 37.7 Å². The summed E-state index contributed by atoms with van der Waals surface area (Å²) in [4.78, 5) is 0. The molecule has 1 aromatic carbocycles. The van der Waals surface area contributed by atoms with Gasteiger partial charge in [-0.1, -0.05) is 19.1 Å². The van der Waals surface area contributed by atoms with Gasteiger partial charge in [0, 0.05) is 10.2 Å². The molecule has 0 aromatic heterocycles. The minimum Gasteiger partial charge on any atom is -0.493 e. The molecule has 0 heterocycles. The SMILES string of the molecule is C=CC(C)C(O)(C=C(SC)SC)C1CC1c1ccc(OC)c(OC)c1. The minimum absolute atomic E-state index is 0.0167. The first-order valence-corrected chi connectivity index (χ1v) is 10.8. The van der Waals surface area contributed by atoms with Crippen molar-refractivity contribution in [3.63, 3.8) is 0 Å². The third-order valence-corrected chi connectivity index (χ3v) is 7.10. The number of aliphatic hydroxyl groups is 1. The molecule has 2 rings (SSSR count). The Bertz CT molecular complexity index is 638. The Morgan fingerprint density at radius 1 is 1.28 bits per heavy atom. The fraction of sp³-hybridized carbons (Fsp3) is 0.500. The summed E-state index contributed by atoms with van der Waals surface area (Å²) in [5, 5.41) is 11.5. The summed E-state index contributed by atoms with van der Waals surface area (Å²) in [7, 11) is 3.28. The van der Waals surface area contributed by atoms with E-state index in [1.165, 1.54) is 5.56 Å². The van der Waals surface area contributed by atoms with E-state index in [9.17, 15) is 5.11 Å². The van der Waals surface area contributed by atoms with E-state index in [-0.39, 0.29) is 11.8 Å². The summed E-state index contributed by atoms with van der Waals surface area (Å²) >= 11 is 3.34. The predicted octanol–water partition coefficient (Wildman–Crippen LogP) is 4.93. The lowest BCUT2D eigenvalue weighted by molar-refractivity contribution is 0.0304. The normalized spacial score (nSPS) is 22.5. The Morgan fingerprint density at radius 2 is 1.92 bits per heavy atom. The molecule has 138 valence electrons. The van der Waals surface area contributed by atoms with Crippen molar-refractivity contribution in [3.8, 4) is 11.5 Å². The smallest absolute Gasteiger partial charge is 0.160 e. The van der Waals surface area contributed by atoms with Gasteiger partial charge in [0.1, 0.15) is 0 Å². The van der Waals surface area contributed by atoms with Crippen LogP contribution in [0.5, 0.6) is 11.5 Å². The molecular weight excluding hydrogens is 352 g/mol. The molecule has 1 aromatic rings. The Kier molecular flexibility index (Phi) is 6.94. The predicted molar refractivity (Wildman–Crippen MR) is 110 cm³/mol. The molecule has 0 radical (unpaired) electrons. The van der Waals surface area contributed by atoms with Crippen molar-refractivity contribution in [2.75, 3.05) is 26.7 Å². The molecule has 4 unspecified atom stereocenters. The number of methoxy groups -OCH3 is 2. The summed E-state index contributed by atoms with van der Waals surface area (Å²) < 4.78 is 11.9. The van der Waals surface area contributed by atoms with Crippen molar-refractivity contribution in [3.05, 3.63) is 46.7 Å². The van der Waals surface area contributed by atoms with Gasteiger partial charge in [-0.2, -0.15) is 0 Å². The summed E-state index contributed by atoms with van der Waals surface area (Å²) in [5.74, 6) is 1.93. The molecule has 1 aliphatic carbocycles. The van der Waals surface area contributed by atoms with Crippen molar-refractivity contribution < 1.29 is 14.6 Å². The van der Waals surface area contributed by atoms with Crippen molar-refractivity contribution >= 4 is 23.5 Å². The van der Waals surface area contributed by atoms with Gasteiger partial charge in [-0.05, 0) is 54.5 Å². The Labute approximate surface area is 159 Å². The Balaban J connectivity index is 2.31.